The first kappa shape index (κ1) is 12.2. The Hall–Kier alpha value is -0.900. The molecule has 0 aliphatic heterocycles. The van der Waals surface area contributed by atoms with Crippen LogP contribution in [0, 0.1) is 5.92 Å². The van der Waals surface area contributed by atoms with Gasteiger partial charge in [-0.15, -0.1) is 0 Å². The zero-order valence-corrected chi connectivity index (χ0v) is 9.11. The number of esters is 1. The molecule has 0 aromatic heterocycles. The van der Waals surface area contributed by atoms with Crippen LogP contribution in [0.15, 0.2) is 0 Å². The third kappa shape index (κ3) is 4.42. The lowest BCUT2D eigenvalue weighted by Crippen LogP contribution is -2.33. The second-order valence-electron chi connectivity index (χ2n) is 3.87. The van der Waals surface area contributed by atoms with Crippen molar-refractivity contribution in [2.75, 3.05) is 13.2 Å². The summed E-state index contributed by atoms with van der Waals surface area (Å²) in [4.78, 5) is 21.4. The Morgan fingerprint density at radius 2 is 2.20 bits per heavy atom. The smallest absolute Gasteiger partial charge is 0.332 e. The molecule has 0 amide bonds. The molecule has 4 nitrogen and oxygen atoms in total. The van der Waals surface area contributed by atoms with Crippen molar-refractivity contribution in [3.8, 4) is 0 Å². The summed E-state index contributed by atoms with van der Waals surface area (Å²) < 4.78 is 10.2. The van der Waals surface area contributed by atoms with E-state index in [1.54, 1.807) is 0 Å². The van der Waals surface area contributed by atoms with Gasteiger partial charge in [0.15, 0.2) is 0 Å². The highest BCUT2D eigenvalue weighted by Gasteiger charge is 2.29. The van der Waals surface area contributed by atoms with Gasteiger partial charge in [-0.1, -0.05) is 13.3 Å². The summed E-state index contributed by atoms with van der Waals surface area (Å²) in [6.45, 7) is 2.53. The lowest BCUT2D eigenvalue weighted by atomic mass is 9.83. The number of rotatable bonds is 7. The molecule has 0 aromatic carbocycles. The predicted octanol–water partition coefficient (Wildman–Crippen LogP) is 1.32. The van der Waals surface area contributed by atoms with E-state index in [1.165, 1.54) is 0 Å². The minimum absolute atomic E-state index is 0.0138. The highest BCUT2D eigenvalue weighted by atomic mass is 16.6. The van der Waals surface area contributed by atoms with Crippen LogP contribution in [0.1, 0.15) is 32.6 Å². The number of ether oxygens (including phenoxy) is 2. The van der Waals surface area contributed by atoms with Crippen LogP contribution in [-0.2, 0) is 19.1 Å². The van der Waals surface area contributed by atoms with Crippen molar-refractivity contribution in [3.63, 3.8) is 0 Å². The Bertz CT molecular complexity index is 209. The topological polar surface area (TPSA) is 52.6 Å². The maximum absolute atomic E-state index is 11.1. The fourth-order valence-corrected chi connectivity index (χ4v) is 1.41. The fraction of sp³-hybridized carbons (Fsp3) is 0.818. The average molecular weight is 214 g/mol. The van der Waals surface area contributed by atoms with Crippen molar-refractivity contribution >= 4 is 12.3 Å². The summed E-state index contributed by atoms with van der Waals surface area (Å²) in [6, 6.07) is 0. The molecule has 0 heterocycles. The van der Waals surface area contributed by atoms with E-state index in [2.05, 4.69) is 0 Å². The molecule has 0 saturated heterocycles. The molecular formula is C11H18O4. The zero-order chi connectivity index (χ0) is 11.1. The van der Waals surface area contributed by atoms with Crippen molar-refractivity contribution in [1.29, 1.82) is 0 Å². The largest absolute Gasteiger partial charge is 0.464 e. The third-order valence-corrected chi connectivity index (χ3v) is 2.52. The van der Waals surface area contributed by atoms with E-state index in [0.29, 0.717) is 6.61 Å². The van der Waals surface area contributed by atoms with E-state index in [0.717, 1.165) is 32.0 Å². The number of carbonyl (C=O) groups excluding carboxylic acids is 2. The Labute approximate surface area is 89.9 Å². The highest BCUT2D eigenvalue weighted by molar-refractivity contribution is 5.70. The monoisotopic (exact) mass is 214 g/mol. The number of carbonyl (C=O) groups is 2. The third-order valence-electron chi connectivity index (χ3n) is 2.52. The molecule has 0 spiro atoms. The highest BCUT2D eigenvalue weighted by Crippen LogP contribution is 2.27. The molecule has 0 unspecified atom stereocenters. The summed E-state index contributed by atoms with van der Waals surface area (Å²) >= 11 is 0. The minimum Gasteiger partial charge on any atom is -0.464 e. The Morgan fingerprint density at radius 3 is 2.80 bits per heavy atom. The van der Waals surface area contributed by atoms with Crippen molar-refractivity contribution in [3.05, 3.63) is 0 Å². The molecule has 1 aliphatic carbocycles. The van der Waals surface area contributed by atoms with E-state index in [4.69, 9.17) is 9.47 Å². The normalized spacial score (nSPS) is 24.3. The van der Waals surface area contributed by atoms with Crippen molar-refractivity contribution < 1.29 is 19.1 Å². The quantitative estimate of drug-likeness (QED) is 0.364. The number of unbranched alkanes of at least 4 members (excludes halogenated alkanes) is 1. The predicted molar refractivity (Wildman–Crippen MR) is 54.4 cm³/mol. The van der Waals surface area contributed by atoms with E-state index < -0.39 is 0 Å². The van der Waals surface area contributed by atoms with Crippen molar-refractivity contribution in [2.24, 2.45) is 5.92 Å². The van der Waals surface area contributed by atoms with E-state index in [9.17, 15) is 9.59 Å². The van der Waals surface area contributed by atoms with Crippen LogP contribution in [0.25, 0.3) is 0 Å². The van der Waals surface area contributed by atoms with Crippen LogP contribution >= 0.6 is 0 Å². The average Bonchev–Trinajstić information content (AvgIpc) is 2.16. The summed E-state index contributed by atoms with van der Waals surface area (Å²) in [7, 11) is 0. The van der Waals surface area contributed by atoms with Crippen LogP contribution in [0.4, 0.5) is 0 Å². The Balaban J connectivity index is 1.96. The molecule has 0 atom stereocenters. The van der Waals surface area contributed by atoms with Gasteiger partial charge in [0.25, 0.3) is 0 Å². The lowest BCUT2D eigenvalue weighted by Gasteiger charge is -2.30. The zero-order valence-electron chi connectivity index (χ0n) is 9.11. The molecule has 4 heteroatoms. The van der Waals surface area contributed by atoms with Crippen molar-refractivity contribution in [1.82, 2.24) is 0 Å². The second kappa shape index (κ2) is 6.56. The molecule has 1 fully saturated rings. The summed E-state index contributed by atoms with van der Waals surface area (Å²) in [6.07, 6.45) is 4.40. The standard InChI is InChI=1S/C11H18O4/c1-2-3-4-14-11(13)8-15-10-5-9(6-10)7-12/h7,9-10H,2-6,8H2,1H3. The molecule has 0 radical (unpaired) electrons. The van der Waals surface area contributed by atoms with Gasteiger partial charge in [-0.25, -0.2) is 4.79 Å². The van der Waals surface area contributed by atoms with E-state index in [1.807, 2.05) is 6.92 Å². The summed E-state index contributed by atoms with van der Waals surface area (Å²) in [5, 5.41) is 0. The van der Waals surface area contributed by atoms with Gasteiger partial charge < -0.3 is 14.3 Å². The SMILES string of the molecule is CCCCOC(=O)COC1CC(C=O)C1. The maximum Gasteiger partial charge on any atom is 0.332 e. The number of hydrogen-bond donors (Lipinski definition) is 0. The fourth-order valence-electron chi connectivity index (χ4n) is 1.41. The molecule has 0 N–H and O–H groups in total. The van der Waals surface area contributed by atoms with Gasteiger partial charge >= 0.3 is 5.97 Å². The molecule has 0 bridgehead atoms. The molecule has 1 rings (SSSR count). The van der Waals surface area contributed by atoms with E-state index in [-0.39, 0.29) is 24.6 Å². The Kier molecular flexibility index (Phi) is 5.32. The van der Waals surface area contributed by atoms with Crippen LogP contribution in [0.2, 0.25) is 0 Å². The van der Waals surface area contributed by atoms with E-state index >= 15 is 0 Å². The van der Waals surface area contributed by atoms with Crippen LogP contribution in [-0.4, -0.2) is 31.6 Å². The first-order chi connectivity index (χ1) is 7.26. The van der Waals surface area contributed by atoms with Crippen molar-refractivity contribution in [2.45, 2.75) is 38.7 Å². The lowest BCUT2D eigenvalue weighted by molar-refractivity contribution is -0.154. The van der Waals surface area contributed by atoms with Gasteiger partial charge in [-0.3, -0.25) is 0 Å². The van der Waals surface area contributed by atoms with Gasteiger partial charge in [-0.05, 0) is 19.3 Å². The maximum atomic E-state index is 11.1. The van der Waals surface area contributed by atoms with Gasteiger partial charge in [0.05, 0.1) is 12.7 Å². The number of aldehydes is 1. The first-order valence-electron chi connectivity index (χ1n) is 5.48. The first-order valence-corrected chi connectivity index (χ1v) is 5.48. The molecule has 15 heavy (non-hydrogen) atoms. The Morgan fingerprint density at radius 1 is 1.47 bits per heavy atom. The summed E-state index contributed by atoms with van der Waals surface area (Å²) in [5.41, 5.74) is 0. The molecule has 1 aliphatic rings. The minimum atomic E-state index is -0.307. The van der Waals surface area contributed by atoms with Gasteiger partial charge in [0, 0.05) is 5.92 Å². The molecule has 0 aromatic rings. The molecule has 1 saturated carbocycles. The number of hydrogen-bond acceptors (Lipinski definition) is 4. The van der Waals surface area contributed by atoms with Crippen LogP contribution < -0.4 is 0 Å². The van der Waals surface area contributed by atoms with Crippen LogP contribution in [0.5, 0.6) is 0 Å². The van der Waals surface area contributed by atoms with Crippen LogP contribution in [0.3, 0.4) is 0 Å². The second-order valence-corrected chi connectivity index (χ2v) is 3.87. The van der Waals surface area contributed by atoms with Gasteiger partial charge in [0.1, 0.15) is 12.9 Å². The molecule has 86 valence electrons. The summed E-state index contributed by atoms with van der Waals surface area (Å²) in [5.74, 6) is -0.177. The van der Waals surface area contributed by atoms with Gasteiger partial charge in [0.2, 0.25) is 0 Å². The molecular weight excluding hydrogens is 196 g/mol. The van der Waals surface area contributed by atoms with Gasteiger partial charge in [-0.2, -0.15) is 0 Å².